The lowest BCUT2D eigenvalue weighted by molar-refractivity contribution is -0.137. The average Bonchev–Trinajstić information content (AvgIpc) is 2.86. The minimum absolute atomic E-state index is 0.00509. The van der Waals surface area contributed by atoms with E-state index in [-0.39, 0.29) is 17.9 Å². The molecule has 0 bridgehead atoms. The Bertz CT molecular complexity index is 1090. The highest BCUT2D eigenvalue weighted by Crippen LogP contribution is 2.37. The summed E-state index contributed by atoms with van der Waals surface area (Å²) in [6.07, 6.45) is 2.81. The van der Waals surface area contributed by atoms with Gasteiger partial charge in [0, 0.05) is 48.6 Å². The van der Waals surface area contributed by atoms with Gasteiger partial charge >= 0.3 is 0 Å². The largest absolute Gasteiger partial charge is 0.493 e. The Morgan fingerprint density at radius 2 is 1.75 bits per heavy atom. The van der Waals surface area contributed by atoms with E-state index in [4.69, 9.17) is 16.3 Å². The number of hydrogen-bond acceptors (Lipinski definition) is 4. The zero-order valence-electron chi connectivity index (χ0n) is 21.6. The predicted octanol–water partition coefficient (Wildman–Crippen LogP) is 4.94. The van der Waals surface area contributed by atoms with Gasteiger partial charge in [0.15, 0.2) is 0 Å². The van der Waals surface area contributed by atoms with Crippen molar-refractivity contribution in [3.63, 3.8) is 0 Å². The summed E-state index contributed by atoms with van der Waals surface area (Å²) in [4.78, 5) is 30.5. The summed E-state index contributed by atoms with van der Waals surface area (Å²) in [5, 5.41) is 10.6. The molecule has 2 aromatic rings. The zero-order valence-corrected chi connectivity index (χ0v) is 22.3. The van der Waals surface area contributed by atoms with E-state index in [9.17, 15) is 14.7 Å². The van der Waals surface area contributed by atoms with Crippen LogP contribution in [0.2, 0.25) is 5.02 Å². The zero-order chi connectivity index (χ0) is 25.9. The summed E-state index contributed by atoms with van der Waals surface area (Å²) in [5.74, 6) is 0.790. The number of aliphatic hydroxyl groups is 1. The summed E-state index contributed by atoms with van der Waals surface area (Å²) >= 11 is 6.35. The van der Waals surface area contributed by atoms with Gasteiger partial charge in [-0.25, -0.2) is 0 Å². The number of carbonyl (C=O) groups excluding carboxylic acids is 2. The third-order valence-corrected chi connectivity index (χ3v) is 8.11. The Hall–Kier alpha value is -2.57. The standard InChI is InChI=1S/C29H37ClN2O4/c1-20-6-4-7-23(14-20)28(35)32-11-5-10-29(18-32,17-26(34)31-12-8-24(33)9-13-31)19-36-25-15-21(2)27(30)22(3)16-25/h4,6-7,14-16,24,33H,5,8-13,17-19H2,1-3H3. The molecule has 2 fully saturated rings. The molecule has 0 aromatic heterocycles. The molecular weight excluding hydrogens is 476 g/mol. The van der Waals surface area contributed by atoms with Gasteiger partial charge in [-0.15, -0.1) is 0 Å². The van der Waals surface area contributed by atoms with Crippen molar-refractivity contribution >= 4 is 23.4 Å². The maximum Gasteiger partial charge on any atom is 0.253 e. The molecule has 1 atom stereocenters. The Labute approximate surface area is 219 Å². The van der Waals surface area contributed by atoms with Crippen LogP contribution in [-0.4, -0.2) is 65.6 Å². The van der Waals surface area contributed by atoms with Crippen LogP contribution in [0.5, 0.6) is 5.75 Å². The number of amides is 2. The Morgan fingerprint density at radius 3 is 2.42 bits per heavy atom. The summed E-state index contributed by atoms with van der Waals surface area (Å²) in [7, 11) is 0. The quantitative estimate of drug-likeness (QED) is 0.595. The van der Waals surface area contributed by atoms with Crippen LogP contribution in [0.3, 0.4) is 0 Å². The number of benzene rings is 2. The number of nitrogens with zero attached hydrogens (tertiary/aromatic N) is 2. The first-order chi connectivity index (χ1) is 17.2. The van der Waals surface area contributed by atoms with Gasteiger partial charge < -0.3 is 19.6 Å². The van der Waals surface area contributed by atoms with Gasteiger partial charge in [0.1, 0.15) is 5.75 Å². The molecule has 0 radical (unpaired) electrons. The molecule has 2 aromatic carbocycles. The van der Waals surface area contributed by atoms with Crippen molar-refractivity contribution in [3.8, 4) is 5.75 Å². The van der Waals surface area contributed by atoms with Crippen molar-refractivity contribution < 1.29 is 19.4 Å². The van der Waals surface area contributed by atoms with Gasteiger partial charge in [0.05, 0.1) is 12.7 Å². The fourth-order valence-corrected chi connectivity index (χ4v) is 5.54. The second-order valence-electron chi connectivity index (χ2n) is 10.6. The number of ether oxygens (including phenoxy) is 1. The highest BCUT2D eigenvalue weighted by atomic mass is 35.5. The van der Waals surface area contributed by atoms with Crippen LogP contribution < -0.4 is 4.74 Å². The van der Waals surface area contributed by atoms with Crippen LogP contribution in [0.15, 0.2) is 36.4 Å². The molecule has 0 saturated carbocycles. The van der Waals surface area contributed by atoms with Crippen molar-refractivity contribution in [1.29, 1.82) is 0 Å². The van der Waals surface area contributed by atoms with Crippen molar-refractivity contribution in [2.75, 3.05) is 32.8 Å². The molecule has 2 aliphatic heterocycles. The molecule has 0 spiro atoms. The summed E-state index contributed by atoms with van der Waals surface area (Å²) in [5.41, 5.74) is 3.12. The monoisotopic (exact) mass is 512 g/mol. The first-order valence-corrected chi connectivity index (χ1v) is 13.2. The van der Waals surface area contributed by atoms with Crippen LogP contribution >= 0.6 is 11.6 Å². The normalized spacial score (nSPS) is 20.9. The molecule has 1 N–H and O–H groups in total. The molecule has 2 heterocycles. The molecule has 194 valence electrons. The second-order valence-corrected chi connectivity index (χ2v) is 11.0. The molecular formula is C29H37ClN2O4. The third kappa shape index (κ3) is 6.22. The van der Waals surface area contributed by atoms with Crippen LogP contribution in [0.4, 0.5) is 0 Å². The Kier molecular flexibility index (Phi) is 8.26. The average molecular weight is 513 g/mol. The van der Waals surface area contributed by atoms with Crippen molar-refractivity contribution in [1.82, 2.24) is 9.80 Å². The van der Waals surface area contributed by atoms with Crippen molar-refractivity contribution in [2.45, 2.75) is 59.0 Å². The summed E-state index contributed by atoms with van der Waals surface area (Å²) in [6.45, 7) is 8.50. The third-order valence-electron chi connectivity index (χ3n) is 7.51. The number of halogens is 1. The van der Waals surface area contributed by atoms with Gasteiger partial charge in [0.2, 0.25) is 5.91 Å². The lowest BCUT2D eigenvalue weighted by atomic mass is 9.77. The topological polar surface area (TPSA) is 70.1 Å². The molecule has 2 amide bonds. The van der Waals surface area contributed by atoms with E-state index in [0.717, 1.165) is 40.3 Å². The number of hydrogen-bond donors (Lipinski definition) is 1. The van der Waals surface area contributed by atoms with E-state index < -0.39 is 5.41 Å². The molecule has 36 heavy (non-hydrogen) atoms. The first-order valence-electron chi connectivity index (χ1n) is 12.9. The number of piperidine rings is 2. The molecule has 7 heteroatoms. The van der Waals surface area contributed by atoms with Gasteiger partial charge in [-0.3, -0.25) is 9.59 Å². The molecule has 1 unspecified atom stereocenters. The fourth-order valence-electron chi connectivity index (χ4n) is 5.43. The fraction of sp³-hybridized carbons (Fsp3) is 0.517. The van der Waals surface area contributed by atoms with Gasteiger partial charge in [-0.05, 0) is 81.8 Å². The maximum absolute atomic E-state index is 13.4. The minimum Gasteiger partial charge on any atom is -0.493 e. The van der Waals surface area contributed by atoms with Crippen LogP contribution in [0, 0.1) is 26.2 Å². The Morgan fingerprint density at radius 1 is 1.06 bits per heavy atom. The summed E-state index contributed by atoms with van der Waals surface area (Å²) in [6, 6.07) is 11.5. The highest BCUT2D eigenvalue weighted by molar-refractivity contribution is 6.32. The van der Waals surface area contributed by atoms with E-state index in [1.807, 2.05) is 67.0 Å². The lowest BCUT2D eigenvalue weighted by Gasteiger charge is -2.43. The summed E-state index contributed by atoms with van der Waals surface area (Å²) < 4.78 is 6.32. The minimum atomic E-state index is -0.494. The van der Waals surface area contributed by atoms with Gasteiger partial charge in [-0.2, -0.15) is 0 Å². The molecule has 2 saturated heterocycles. The number of carbonyl (C=O) groups is 2. The SMILES string of the molecule is Cc1cccc(C(=O)N2CCCC(COc3cc(C)c(Cl)c(C)c3)(CC(=O)N3CCC(O)CC3)C2)c1. The molecule has 4 rings (SSSR count). The van der Waals surface area contributed by atoms with E-state index in [1.54, 1.807) is 0 Å². The lowest BCUT2D eigenvalue weighted by Crippen LogP contribution is -2.51. The van der Waals surface area contributed by atoms with Crippen LogP contribution in [0.25, 0.3) is 0 Å². The smallest absolute Gasteiger partial charge is 0.253 e. The number of aliphatic hydroxyl groups excluding tert-OH is 1. The second kappa shape index (κ2) is 11.2. The maximum atomic E-state index is 13.4. The van der Waals surface area contributed by atoms with Crippen LogP contribution in [0.1, 0.15) is 59.2 Å². The van der Waals surface area contributed by atoms with Gasteiger partial charge in [0.25, 0.3) is 5.91 Å². The highest BCUT2D eigenvalue weighted by Gasteiger charge is 2.41. The predicted molar refractivity (Wildman–Crippen MR) is 142 cm³/mol. The van der Waals surface area contributed by atoms with Crippen molar-refractivity contribution in [3.05, 3.63) is 63.7 Å². The van der Waals surface area contributed by atoms with Crippen LogP contribution in [-0.2, 0) is 4.79 Å². The number of aryl methyl sites for hydroxylation is 3. The number of likely N-dealkylation sites (tertiary alicyclic amines) is 2. The Balaban J connectivity index is 1.55. The van der Waals surface area contributed by atoms with Crippen molar-refractivity contribution in [2.24, 2.45) is 5.41 Å². The number of rotatable bonds is 6. The molecule has 0 aliphatic carbocycles. The van der Waals surface area contributed by atoms with E-state index in [0.29, 0.717) is 57.6 Å². The first kappa shape index (κ1) is 26.5. The molecule has 2 aliphatic rings. The van der Waals surface area contributed by atoms with E-state index >= 15 is 0 Å². The van der Waals surface area contributed by atoms with E-state index in [2.05, 4.69) is 0 Å². The van der Waals surface area contributed by atoms with Gasteiger partial charge in [-0.1, -0.05) is 29.3 Å². The van der Waals surface area contributed by atoms with E-state index in [1.165, 1.54) is 0 Å². The molecule has 6 nitrogen and oxygen atoms in total.